The predicted molar refractivity (Wildman–Crippen MR) is 414 cm³/mol. The van der Waals surface area contributed by atoms with Gasteiger partial charge in [-0.2, -0.15) is 0 Å². The Kier molecular flexibility index (Phi) is 69.6. The van der Waals surface area contributed by atoms with Crippen molar-refractivity contribution in [1.29, 1.82) is 0 Å². The molecule has 0 rings (SSSR count). The molecular formula is C82H160O17P2. The second-order valence-electron chi connectivity index (χ2n) is 31.0. The van der Waals surface area contributed by atoms with Gasteiger partial charge in [0.2, 0.25) is 0 Å². The minimum absolute atomic E-state index is 0.106. The van der Waals surface area contributed by atoms with Crippen molar-refractivity contribution < 1.29 is 80.2 Å². The van der Waals surface area contributed by atoms with Crippen LogP contribution >= 0.6 is 15.6 Å². The molecule has 600 valence electrons. The Balaban J connectivity index is 5.20. The lowest BCUT2D eigenvalue weighted by Crippen LogP contribution is -2.30. The van der Waals surface area contributed by atoms with Crippen molar-refractivity contribution in [1.82, 2.24) is 0 Å². The lowest BCUT2D eigenvalue weighted by atomic mass is 9.99. The molecule has 0 aliphatic carbocycles. The van der Waals surface area contributed by atoms with Crippen LogP contribution in [0, 0.1) is 23.7 Å². The lowest BCUT2D eigenvalue weighted by Gasteiger charge is -2.21. The van der Waals surface area contributed by atoms with Gasteiger partial charge < -0.3 is 33.8 Å². The number of rotatable bonds is 79. The number of carbonyl (C=O) groups excluding carboxylic acids is 4. The van der Waals surface area contributed by atoms with Crippen LogP contribution in [0.25, 0.3) is 0 Å². The van der Waals surface area contributed by atoms with Crippen molar-refractivity contribution in [3.05, 3.63) is 0 Å². The van der Waals surface area contributed by atoms with Crippen molar-refractivity contribution in [3.8, 4) is 0 Å². The maximum absolute atomic E-state index is 13.1. The lowest BCUT2D eigenvalue weighted by molar-refractivity contribution is -0.161. The van der Waals surface area contributed by atoms with Crippen molar-refractivity contribution >= 4 is 39.5 Å². The highest BCUT2D eigenvalue weighted by atomic mass is 31.2. The molecule has 0 spiro atoms. The number of hydrogen-bond donors (Lipinski definition) is 3. The van der Waals surface area contributed by atoms with Crippen molar-refractivity contribution in [2.75, 3.05) is 39.6 Å². The Morgan fingerprint density at radius 2 is 0.475 bits per heavy atom. The molecule has 0 aliphatic heterocycles. The molecule has 0 aromatic rings. The standard InChI is InChI=1S/C82H160O17P2/c1-9-74(7)60-52-44-36-28-24-20-15-13-11-12-14-16-21-25-29-39-48-56-64-81(86)98-77(68-92-79(84)62-54-46-38-32-31-37-45-53-61-75(8)10-2)70-96-100(88,89)94-66-76(83)67-95-101(90,91)97-71-78(69-93-80(85)63-55-47-41-33-35-43-51-59-73(5)6)99-82(87)65-57-49-40-30-26-22-18-17-19-23-27-34-42-50-58-72(3)4/h72-78,83H,9-71H2,1-8H3,(H,88,89)(H,90,91)/t74?,75?,76?,77-,78-/m1/s1. The van der Waals surface area contributed by atoms with Crippen LogP contribution < -0.4 is 0 Å². The fourth-order valence-corrected chi connectivity index (χ4v) is 14.1. The Hall–Kier alpha value is -1.94. The summed E-state index contributed by atoms with van der Waals surface area (Å²) >= 11 is 0. The molecule has 0 aromatic carbocycles. The summed E-state index contributed by atoms with van der Waals surface area (Å²) in [4.78, 5) is 73.0. The molecule has 0 fully saturated rings. The zero-order chi connectivity index (χ0) is 74.6. The van der Waals surface area contributed by atoms with Crippen LogP contribution in [0.2, 0.25) is 0 Å². The molecule has 0 bridgehead atoms. The van der Waals surface area contributed by atoms with Gasteiger partial charge in [0.05, 0.1) is 26.4 Å². The Morgan fingerprint density at radius 1 is 0.277 bits per heavy atom. The van der Waals surface area contributed by atoms with Crippen LogP contribution in [0.5, 0.6) is 0 Å². The second-order valence-corrected chi connectivity index (χ2v) is 33.9. The SMILES string of the molecule is CCC(C)CCCCCCCCCCCCCCCCCCCCC(=O)O[C@H](COC(=O)CCCCCCCCCCC(C)CC)COP(=O)(O)OCC(O)COP(=O)(O)OC[C@@H](COC(=O)CCCCCCCCCC(C)C)OC(=O)CCCCCCCCCCCCCCCCC(C)C. The third kappa shape index (κ3) is 73.4. The largest absolute Gasteiger partial charge is 0.472 e. The van der Waals surface area contributed by atoms with E-state index in [2.05, 4.69) is 55.4 Å². The molecule has 0 amide bonds. The van der Waals surface area contributed by atoms with Crippen LogP contribution in [-0.4, -0.2) is 96.7 Å². The molecule has 0 saturated heterocycles. The summed E-state index contributed by atoms with van der Waals surface area (Å²) in [5.41, 5.74) is 0. The van der Waals surface area contributed by atoms with Gasteiger partial charge in [0, 0.05) is 25.7 Å². The first kappa shape index (κ1) is 99.1. The highest BCUT2D eigenvalue weighted by Gasteiger charge is 2.30. The first-order valence-corrected chi connectivity index (χ1v) is 45.3. The summed E-state index contributed by atoms with van der Waals surface area (Å²) in [6.07, 6.45) is 58.3. The van der Waals surface area contributed by atoms with E-state index in [1.807, 2.05) is 0 Å². The fourth-order valence-electron chi connectivity index (χ4n) is 12.5. The molecule has 7 atom stereocenters. The third-order valence-corrected chi connectivity index (χ3v) is 21.7. The summed E-state index contributed by atoms with van der Waals surface area (Å²) < 4.78 is 68.7. The number of aliphatic hydroxyl groups is 1. The van der Waals surface area contributed by atoms with Crippen LogP contribution in [0.3, 0.4) is 0 Å². The molecule has 0 radical (unpaired) electrons. The first-order valence-electron chi connectivity index (χ1n) is 42.3. The number of phosphoric ester groups is 2. The molecule has 0 heterocycles. The summed E-state index contributed by atoms with van der Waals surface area (Å²) in [6, 6.07) is 0. The van der Waals surface area contributed by atoms with Crippen LogP contribution in [-0.2, 0) is 65.4 Å². The van der Waals surface area contributed by atoms with Gasteiger partial charge in [0.15, 0.2) is 12.2 Å². The Labute approximate surface area is 619 Å². The van der Waals surface area contributed by atoms with E-state index >= 15 is 0 Å². The Bertz CT molecular complexity index is 1980. The molecule has 17 nitrogen and oxygen atoms in total. The van der Waals surface area contributed by atoms with Crippen molar-refractivity contribution in [3.63, 3.8) is 0 Å². The zero-order valence-corrected chi connectivity index (χ0v) is 68.3. The van der Waals surface area contributed by atoms with E-state index in [0.717, 1.165) is 114 Å². The molecule has 101 heavy (non-hydrogen) atoms. The second kappa shape index (κ2) is 71.0. The van der Waals surface area contributed by atoms with Crippen molar-refractivity contribution in [2.45, 2.75) is 440 Å². The van der Waals surface area contributed by atoms with Crippen LogP contribution in [0.4, 0.5) is 0 Å². The molecule has 3 N–H and O–H groups in total. The van der Waals surface area contributed by atoms with E-state index < -0.39 is 97.5 Å². The summed E-state index contributed by atoms with van der Waals surface area (Å²) in [7, 11) is -9.92. The van der Waals surface area contributed by atoms with E-state index in [9.17, 15) is 43.2 Å². The fraction of sp³-hybridized carbons (Fsp3) is 0.951. The van der Waals surface area contributed by atoms with Crippen molar-refractivity contribution in [2.24, 2.45) is 23.7 Å². The van der Waals surface area contributed by atoms with Gasteiger partial charge in [-0.05, 0) is 49.4 Å². The maximum Gasteiger partial charge on any atom is 0.472 e. The van der Waals surface area contributed by atoms with Crippen LogP contribution in [0.15, 0.2) is 0 Å². The topological polar surface area (TPSA) is 237 Å². The number of phosphoric acid groups is 2. The minimum atomic E-state index is -4.96. The molecule has 19 heteroatoms. The average molecular weight is 1480 g/mol. The normalized spacial score (nSPS) is 14.5. The number of esters is 4. The zero-order valence-electron chi connectivity index (χ0n) is 66.5. The summed E-state index contributed by atoms with van der Waals surface area (Å²) in [6.45, 7) is 14.3. The van der Waals surface area contributed by atoms with Gasteiger partial charge >= 0.3 is 39.5 Å². The number of aliphatic hydroxyl groups excluding tert-OH is 1. The van der Waals surface area contributed by atoms with Gasteiger partial charge in [-0.15, -0.1) is 0 Å². The molecule has 0 saturated carbocycles. The summed E-state index contributed by atoms with van der Waals surface area (Å²) in [5, 5.41) is 10.6. The van der Waals surface area contributed by atoms with E-state index in [-0.39, 0.29) is 25.7 Å². The van der Waals surface area contributed by atoms with E-state index in [1.54, 1.807) is 0 Å². The Morgan fingerprint density at radius 3 is 0.703 bits per heavy atom. The molecule has 5 unspecified atom stereocenters. The molecule has 0 aliphatic rings. The minimum Gasteiger partial charge on any atom is -0.462 e. The van der Waals surface area contributed by atoms with E-state index in [1.165, 1.54) is 218 Å². The first-order chi connectivity index (χ1) is 48.7. The number of ether oxygens (including phenoxy) is 4. The van der Waals surface area contributed by atoms with E-state index in [4.69, 9.17) is 37.0 Å². The predicted octanol–water partition coefficient (Wildman–Crippen LogP) is 24.4. The highest BCUT2D eigenvalue weighted by molar-refractivity contribution is 7.47. The van der Waals surface area contributed by atoms with E-state index in [0.29, 0.717) is 31.6 Å². The monoisotopic (exact) mass is 1480 g/mol. The van der Waals surface area contributed by atoms with Crippen LogP contribution in [0.1, 0.15) is 421 Å². The average Bonchev–Trinajstić information content (AvgIpc) is 0.913. The third-order valence-electron chi connectivity index (χ3n) is 19.8. The van der Waals surface area contributed by atoms with Gasteiger partial charge in [0.25, 0.3) is 0 Å². The summed E-state index contributed by atoms with van der Waals surface area (Å²) in [5.74, 6) is 1.03. The quantitative estimate of drug-likeness (QED) is 0.0222. The number of hydrogen-bond acceptors (Lipinski definition) is 15. The van der Waals surface area contributed by atoms with Gasteiger partial charge in [-0.25, -0.2) is 9.13 Å². The molecular weight excluding hydrogens is 1320 g/mol. The van der Waals surface area contributed by atoms with Gasteiger partial charge in [-0.3, -0.25) is 37.3 Å². The maximum atomic E-state index is 13.1. The molecule has 0 aromatic heterocycles. The smallest absolute Gasteiger partial charge is 0.462 e. The highest BCUT2D eigenvalue weighted by Crippen LogP contribution is 2.45. The van der Waals surface area contributed by atoms with Gasteiger partial charge in [-0.1, -0.05) is 370 Å². The number of carbonyl (C=O) groups is 4. The van der Waals surface area contributed by atoms with Gasteiger partial charge in [0.1, 0.15) is 19.3 Å². The number of unbranched alkanes of at least 4 members (excludes halogenated alkanes) is 43.